The number of carbonyl (C=O) groups is 1. The number of nitrogens with zero attached hydrogens (tertiary/aromatic N) is 1. The zero-order chi connectivity index (χ0) is 13.8. The molecular weight excluding hydrogens is 264 g/mol. The van der Waals surface area contributed by atoms with Gasteiger partial charge in [0, 0.05) is 18.9 Å². The molecule has 5 N–H and O–H groups in total. The second-order valence-electron chi connectivity index (χ2n) is 3.79. The average molecular weight is 278 g/mol. The number of primary amides is 1. The SMILES string of the molecule is COc1c(NCc2cccnc2)sc(C(N)=O)c1N. The van der Waals surface area contributed by atoms with Crippen molar-refractivity contribution in [1.82, 2.24) is 4.98 Å². The topological polar surface area (TPSA) is 103 Å². The highest BCUT2D eigenvalue weighted by molar-refractivity contribution is 7.19. The summed E-state index contributed by atoms with van der Waals surface area (Å²) >= 11 is 1.18. The van der Waals surface area contributed by atoms with E-state index in [1.54, 1.807) is 12.4 Å². The van der Waals surface area contributed by atoms with E-state index in [1.807, 2.05) is 12.1 Å². The number of anilines is 2. The molecule has 0 aliphatic carbocycles. The van der Waals surface area contributed by atoms with Crippen molar-refractivity contribution >= 4 is 27.9 Å². The Bertz CT molecular complexity index is 583. The molecule has 1 amide bonds. The standard InChI is InChI=1S/C12H14N4O2S/c1-18-9-8(13)10(11(14)17)19-12(9)16-6-7-3-2-4-15-5-7/h2-5,16H,6,13H2,1H3,(H2,14,17). The number of carbonyl (C=O) groups excluding carboxylic acids is 1. The Morgan fingerprint density at radius 3 is 2.95 bits per heavy atom. The van der Waals surface area contributed by atoms with Gasteiger partial charge in [-0.15, -0.1) is 11.3 Å². The Morgan fingerprint density at radius 1 is 1.58 bits per heavy atom. The van der Waals surface area contributed by atoms with E-state index >= 15 is 0 Å². The molecule has 0 saturated heterocycles. The van der Waals surface area contributed by atoms with Crippen LogP contribution in [0.3, 0.4) is 0 Å². The molecule has 0 unspecified atom stereocenters. The molecule has 7 heteroatoms. The molecule has 2 heterocycles. The van der Waals surface area contributed by atoms with Crippen LogP contribution in [-0.2, 0) is 6.54 Å². The second kappa shape index (κ2) is 5.57. The predicted molar refractivity (Wildman–Crippen MR) is 75.4 cm³/mol. The Labute approximate surface area is 114 Å². The Kier molecular flexibility index (Phi) is 3.86. The molecule has 0 atom stereocenters. The number of nitrogens with two attached hydrogens (primary N) is 2. The number of ether oxygens (including phenoxy) is 1. The van der Waals surface area contributed by atoms with Crippen LogP contribution in [-0.4, -0.2) is 18.0 Å². The summed E-state index contributed by atoms with van der Waals surface area (Å²) in [6.45, 7) is 0.558. The molecule has 0 spiro atoms. The van der Waals surface area contributed by atoms with Crippen molar-refractivity contribution in [2.24, 2.45) is 5.73 Å². The van der Waals surface area contributed by atoms with Crippen LogP contribution in [0.2, 0.25) is 0 Å². The van der Waals surface area contributed by atoms with Gasteiger partial charge in [-0.25, -0.2) is 0 Å². The Balaban J connectivity index is 2.20. The van der Waals surface area contributed by atoms with Crippen LogP contribution in [0, 0.1) is 0 Å². The van der Waals surface area contributed by atoms with E-state index < -0.39 is 5.91 Å². The lowest BCUT2D eigenvalue weighted by atomic mass is 10.3. The van der Waals surface area contributed by atoms with Gasteiger partial charge in [0.25, 0.3) is 5.91 Å². The van der Waals surface area contributed by atoms with E-state index in [9.17, 15) is 4.79 Å². The minimum absolute atomic E-state index is 0.272. The fourth-order valence-corrected chi connectivity index (χ4v) is 2.55. The lowest BCUT2D eigenvalue weighted by Gasteiger charge is -2.06. The summed E-state index contributed by atoms with van der Waals surface area (Å²) in [5.74, 6) is -0.113. The fraction of sp³-hybridized carbons (Fsp3) is 0.167. The molecule has 0 saturated carbocycles. The van der Waals surface area contributed by atoms with Gasteiger partial charge >= 0.3 is 0 Å². The smallest absolute Gasteiger partial charge is 0.261 e. The quantitative estimate of drug-likeness (QED) is 0.768. The first-order valence-electron chi connectivity index (χ1n) is 5.52. The van der Waals surface area contributed by atoms with E-state index in [-0.39, 0.29) is 5.69 Å². The van der Waals surface area contributed by atoms with E-state index in [4.69, 9.17) is 16.2 Å². The summed E-state index contributed by atoms with van der Waals surface area (Å²) in [5.41, 5.74) is 12.4. The van der Waals surface area contributed by atoms with Gasteiger partial charge in [0.2, 0.25) is 0 Å². The van der Waals surface area contributed by atoms with E-state index in [0.717, 1.165) is 5.56 Å². The molecule has 0 fully saturated rings. The highest BCUT2D eigenvalue weighted by atomic mass is 32.1. The predicted octanol–water partition coefficient (Wildman–Crippen LogP) is 1.44. The van der Waals surface area contributed by atoms with Crippen molar-refractivity contribution in [3.05, 3.63) is 35.0 Å². The highest BCUT2D eigenvalue weighted by Gasteiger charge is 2.19. The molecule has 19 heavy (non-hydrogen) atoms. The Hall–Kier alpha value is -2.28. The van der Waals surface area contributed by atoms with Crippen molar-refractivity contribution in [1.29, 1.82) is 0 Å². The number of methoxy groups -OCH3 is 1. The van der Waals surface area contributed by atoms with Crippen molar-refractivity contribution in [3.63, 3.8) is 0 Å². The number of thiophene rings is 1. The molecule has 2 rings (SSSR count). The highest BCUT2D eigenvalue weighted by Crippen LogP contribution is 2.42. The molecule has 6 nitrogen and oxygen atoms in total. The summed E-state index contributed by atoms with van der Waals surface area (Å²) < 4.78 is 5.19. The lowest BCUT2D eigenvalue weighted by molar-refractivity contribution is 0.100. The normalized spacial score (nSPS) is 10.2. The lowest BCUT2D eigenvalue weighted by Crippen LogP contribution is -2.10. The second-order valence-corrected chi connectivity index (χ2v) is 4.81. The molecule has 0 aromatic carbocycles. The largest absolute Gasteiger partial charge is 0.492 e. The van der Waals surface area contributed by atoms with E-state index in [2.05, 4.69) is 10.3 Å². The average Bonchev–Trinajstić information content (AvgIpc) is 2.74. The fourth-order valence-electron chi connectivity index (χ4n) is 1.62. The first-order valence-corrected chi connectivity index (χ1v) is 6.34. The molecule has 100 valence electrons. The maximum absolute atomic E-state index is 11.2. The number of pyridine rings is 1. The summed E-state index contributed by atoms with van der Waals surface area (Å²) in [7, 11) is 1.50. The zero-order valence-corrected chi connectivity index (χ0v) is 11.2. The number of amides is 1. The van der Waals surface area contributed by atoms with Gasteiger partial charge in [-0.05, 0) is 11.6 Å². The van der Waals surface area contributed by atoms with Crippen molar-refractivity contribution in [2.45, 2.75) is 6.54 Å². The van der Waals surface area contributed by atoms with Gasteiger partial charge < -0.3 is 21.5 Å². The number of aromatic nitrogens is 1. The molecule has 0 aliphatic rings. The third kappa shape index (κ3) is 2.76. The summed E-state index contributed by atoms with van der Waals surface area (Å²) in [6, 6.07) is 3.80. The zero-order valence-electron chi connectivity index (χ0n) is 10.3. The number of hydrogen-bond acceptors (Lipinski definition) is 6. The van der Waals surface area contributed by atoms with Gasteiger partial charge in [-0.1, -0.05) is 6.07 Å². The number of rotatable bonds is 5. The summed E-state index contributed by atoms with van der Waals surface area (Å²) in [5, 5.41) is 3.84. The summed E-state index contributed by atoms with van der Waals surface area (Å²) in [6.07, 6.45) is 3.46. The number of nitrogens with one attached hydrogen (secondary N) is 1. The molecule has 2 aromatic heterocycles. The number of nitrogen functional groups attached to an aromatic ring is 1. The van der Waals surface area contributed by atoms with Crippen LogP contribution in [0.1, 0.15) is 15.2 Å². The van der Waals surface area contributed by atoms with Gasteiger partial charge in [-0.2, -0.15) is 0 Å². The molecule has 0 radical (unpaired) electrons. The molecule has 2 aromatic rings. The van der Waals surface area contributed by atoms with E-state index in [0.29, 0.717) is 22.2 Å². The number of hydrogen-bond donors (Lipinski definition) is 3. The summed E-state index contributed by atoms with van der Waals surface area (Å²) in [4.78, 5) is 15.6. The van der Waals surface area contributed by atoms with Gasteiger partial charge in [0.1, 0.15) is 15.6 Å². The third-order valence-corrected chi connectivity index (χ3v) is 3.66. The Morgan fingerprint density at radius 2 is 2.37 bits per heavy atom. The van der Waals surface area contributed by atoms with Crippen molar-refractivity contribution < 1.29 is 9.53 Å². The molecule has 0 bridgehead atoms. The van der Waals surface area contributed by atoms with Crippen molar-refractivity contribution in [3.8, 4) is 5.75 Å². The molecular formula is C12H14N4O2S. The van der Waals surface area contributed by atoms with Crippen LogP contribution in [0.15, 0.2) is 24.5 Å². The van der Waals surface area contributed by atoms with Crippen LogP contribution < -0.4 is 21.5 Å². The molecule has 0 aliphatic heterocycles. The van der Waals surface area contributed by atoms with Gasteiger partial charge in [0.05, 0.1) is 7.11 Å². The van der Waals surface area contributed by atoms with Crippen LogP contribution in [0.25, 0.3) is 0 Å². The third-order valence-electron chi connectivity index (χ3n) is 2.50. The maximum atomic E-state index is 11.2. The van der Waals surface area contributed by atoms with E-state index in [1.165, 1.54) is 18.4 Å². The first-order chi connectivity index (χ1) is 9.13. The minimum Gasteiger partial charge on any atom is -0.492 e. The van der Waals surface area contributed by atoms with Crippen LogP contribution in [0.5, 0.6) is 5.75 Å². The van der Waals surface area contributed by atoms with Gasteiger partial charge in [0.15, 0.2) is 5.75 Å². The van der Waals surface area contributed by atoms with Gasteiger partial charge in [-0.3, -0.25) is 9.78 Å². The first kappa shape index (κ1) is 13.2. The minimum atomic E-state index is -0.560. The van der Waals surface area contributed by atoms with Crippen molar-refractivity contribution in [2.75, 3.05) is 18.2 Å². The van der Waals surface area contributed by atoms with Crippen LogP contribution in [0.4, 0.5) is 10.7 Å². The van der Waals surface area contributed by atoms with Crippen LogP contribution >= 0.6 is 11.3 Å². The maximum Gasteiger partial charge on any atom is 0.261 e. The monoisotopic (exact) mass is 278 g/mol.